The Morgan fingerprint density at radius 1 is 1.12 bits per heavy atom. The van der Waals surface area contributed by atoms with Gasteiger partial charge in [-0.3, -0.25) is 4.79 Å². The van der Waals surface area contributed by atoms with Gasteiger partial charge in [0.15, 0.2) is 17.8 Å². The van der Waals surface area contributed by atoms with E-state index in [0.717, 1.165) is 0 Å². The predicted octanol–water partition coefficient (Wildman–Crippen LogP) is 1.51. The third-order valence-electron chi connectivity index (χ3n) is 5.72. The maximum atomic E-state index is 11.9. The SMILES string of the molecule is COc1ccccc1C1OCC2OC(Oc3ccc4c(c3)OCO4)C(NC(C)=O)C(O)C2O1. The number of hydrogen-bond donors (Lipinski definition) is 2. The van der Waals surface area contributed by atoms with E-state index in [1.165, 1.54) is 6.92 Å². The summed E-state index contributed by atoms with van der Waals surface area (Å²) >= 11 is 0. The third-order valence-corrected chi connectivity index (χ3v) is 5.72. The molecule has 3 aliphatic heterocycles. The van der Waals surface area contributed by atoms with Crippen molar-refractivity contribution in [2.24, 2.45) is 0 Å². The lowest BCUT2D eigenvalue weighted by Gasteiger charge is -2.47. The van der Waals surface area contributed by atoms with Gasteiger partial charge in [0.1, 0.15) is 35.9 Å². The fourth-order valence-corrected chi connectivity index (χ4v) is 4.18. The molecule has 0 aliphatic carbocycles. The lowest BCUT2D eigenvalue weighted by atomic mass is 9.95. The first-order valence-corrected chi connectivity index (χ1v) is 10.6. The molecule has 0 aromatic heterocycles. The van der Waals surface area contributed by atoms with Crippen LogP contribution in [0.2, 0.25) is 0 Å². The van der Waals surface area contributed by atoms with E-state index in [1.807, 2.05) is 18.2 Å². The zero-order chi connectivity index (χ0) is 22.9. The van der Waals surface area contributed by atoms with Crippen molar-refractivity contribution in [3.8, 4) is 23.0 Å². The lowest BCUT2D eigenvalue weighted by Crippen LogP contribution is -2.67. The standard InChI is InChI=1S/C23H25NO9/c1-12(25)24-19-20(26)21-18(10-28-22(33-21)14-5-3-4-6-15(14)27-2)32-23(19)31-13-7-8-16-17(9-13)30-11-29-16/h3-9,18-23,26H,10-11H2,1-2H3,(H,24,25). The first-order chi connectivity index (χ1) is 16.0. The number of para-hydroxylation sites is 1. The quantitative estimate of drug-likeness (QED) is 0.687. The van der Waals surface area contributed by atoms with E-state index < -0.39 is 36.9 Å². The van der Waals surface area contributed by atoms with Gasteiger partial charge < -0.3 is 43.6 Å². The molecule has 10 heteroatoms. The van der Waals surface area contributed by atoms with Crippen LogP contribution >= 0.6 is 0 Å². The van der Waals surface area contributed by atoms with Crippen LogP contribution in [0.25, 0.3) is 0 Å². The van der Waals surface area contributed by atoms with Crippen LogP contribution in [-0.4, -0.2) is 62.2 Å². The maximum absolute atomic E-state index is 11.9. The second kappa shape index (κ2) is 9.06. The van der Waals surface area contributed by atoms with Gasteiger partial charge in [-0.25, -0.2) is 0 Å². The van der Waals surface area contributed by atoms with Crippen molar-refractivity contribution in [2.75, 3.05) is 20.5 Å². The van der Waals surface area contributed by atoms with Gasteiger partial charge >= 0.3 is 0 Å². The van der Waals surface area contributed by atoms with Gasteiger partial charge in [-0.15, -0.1) is 0 Å². The third kappa shape index (κ3) is 4.30. The van der Waals surface area contributed by atoms with Gasteiger partial charge in [-0.05, 0) is 18.2 Å². The molecule has 2 aromatic carbocycles. The van der Waals surface area contributed by atoms with Crippen LogP contribution in [0.5, 0.6) is 23.0 Å². The molecule has 2 saturated heterocycles. The second-order valence-electron chi connectivity index (χ2n) is 7.90. The molecule has 176 valence electrons. The molecule has 5 rings (SSSR count). The van der Waals surface area contributed by atoms with Gasteiger partial charge in [0.2, 0.25) is 19.0 Å². The number of amides is 1. The van der Waals surface area contributed by atoms with Gasteiger partial charge in [-0.2, -0.15) is 0 Å². The number of methoxy groups -OCH3 is 1. The van der Waals surface area contributed by atoms with Crippen LogP contribution < -0.4 is 24.3 Å². The molecule has 10 nitrogen and oxygen atoms in total. The first kappa shape index (κ1) is 21.8. The summed E-state index contributed by atoms with van der Waals surface area (Å²) in [5, 5.41) is 13.9. The number of rotatable bonds is 5. The molecule has 6 atom stereocenters. The molecule has 3 aliphatic rings. The Labute approximate surface area is 190 Å². The predicted molar refractivity (Wildman–Crippen MR) is 112 cm³/mol. The van der Waals surface area contributed by atoms with Crippen LogP contribution in [0.4, 0.5) is 0 Å². The molecule has 3 heterocycles. The van der Waals surface area contributed by atoms with Crippen molar-refractivity contribution >= 4 is 5.91 Å². The fraction of sp³-hybridized carbons (Fsp3) is 0.435. The van der Waals surface area contributed by atoms with E-state index in [1.54, 1.807) is 31.4 Å². The second-order valence-corrected chi connectivity index (χ2v) is 7.90. The van der Waals surface area contributed by atoms with Crippen molar-refractivity contribution in [2.45, 2.75) is 43.9 Å². The average molecular weight is 459 g/mol. The Balaban J connectivity index is 1.36. The highest BCUT2D eigenvalue weighted by molar-refractivity contribution is 5.73. The van der Waals surface area contributed by atoms with Crippen molar-refractivity contribution in [3.63, 3.8) is 0 Å². The van der Waals surface area contributed by atoms with Crippen LogP contribution in [0.15, 0.2) is 42.5 Å². The summed E-state index contributed by atoms with van der Waals surface area (Å²) in [4.78, 5) is 11.9. The molecule has 1 amide bonds. The van der Waals surface area contributed by atoms with Crippen molar-refractivity contribution < 1.29 is 43.1 Å². The van der Waals surface area contributed by atoms with E-state index in [-0.39, 0.29) is 19.3 Å². The average Bonchev–Trinajstić information content (AvgIpc) is 3.29. The van der Waals surface area contributed by atoms with E-state index >= 15 is 0 Å². The summed E-state index contributed by atoms with van der Waals surface area (Å²) in [5.41, 5.74) is 0.695. The summed E-state index contributed by atoms with van der Waals surface area (Å²) in [6.45, 7) is 1.65. The minimum atomic E-state index is -1.12. The van der Waals surface area contributed by atoms with Gasteiger partial charge in [-0.1, -0.05) is 18.2 Å². The topological polar surface area (TPSA) is 114 Å². The van der Waals surface area contributed by atoms with Crippen LogP contribution in [0, 0.1) is 0 Å². The number of fused-ring (bicyclic) bond motifs is 2. The highest BCUT2D eigenvalue weighted by Gasteiger charge is 2.51. The molecular formula is C23H25NO9. The smallest absolute Gasteiger partial charge is 0.231 e. The maximum Gasteiger partial charge on any atom is 0.231 e. The number of ether oxygens (including phenoxy) is 7. The van der Waals surface area contributed by atoms with Gasteiger partial charge in [0.05, 0.1) is 13.7 Å². The Morgan fingerprint density at radius 2 is 1.94 bits per heavy atom. The van der Waals surface area contributed by atoms with Crippen LogP contribution in [-0.2, 0) is 19.0 Å². The highest BCUT2D eigenvalue weighted by atomic mass is 16.7. The minimum absolute atomic E-state index is 0.137. The molecule has 0 saturated carbocycles. The summed E-state index contributed by atoms with van der Waals surface area (Å²) in [5.74, 6) is 1.86. The Bertz CT molecular complexity index is 1020. The minimum Gasteiger partial charge on any atom is -0.496 e. The first-order valence-electron chi connectivity index (χ1n) is 10.6. The number of hydrogen-bond acceptors (Lipinski definition) is 9. The van der Waals surface area contributed by atoms with Crippen molar-refractivity contribution in [1.29, 1.82) is 0 Å². The van der Waals surface area contributed by atoms with Crippen LogP contribution in [0.1, 0.15) is 18.8 Å². The summed E-state index contributed by atoms with van der Waals surface area (Å²) in [6.07, 6.45) is -4.24. The van der Waals surface area contributed by atoms with E-state index in [4.69, 9.17) is 33.2 Å². The molecule has 2 N–H and O–H groups in total. The number of aliphatic hydroxyl groups excluding tert-OH is 1. The Kier molecular flexibility index (Phi) is 5.98. The molecule has 2 aromatic rings. The van der Waals surface area contributed by atoms with Crippen molar-refractivity contribution in [3.05, 3.63) is 48.0 Å². The number of nitrogens with one attached hydrogen (secondary N) is 1. The van der Waals surface area contributed by atoms with Gasteiger partial charge in [0.25, 0.3) is 0 Å². The number of carbonyl (C=O) groups excluding carboxylic acids is 1. The van der Waals surface area contributed by atoms with E-state index in [0.29, 0.717) is 28.6 Å². The molecule has 0 bridgehead atoms. The van der Waals surface area contributed by atoms with E-state index in [2.05, 4.69) is 5.32 Å². The molecular weight excluding hydrogens is 434 g/mol. The zero-order valence-electron chi connectivity index (χ0n) is 18.1. The largest absolute Gasteiger partial charge is 0.496 e. The fourth-order valence-electron chi connectivity index (χ4n) is 4.18. The Hall–Kier alpha value is -3.05. The number of benzene rings is 2. The summed E-state index contributed by atoms with van der Waals surface area (Å²) in [6, 6.07) is 11.5. The van der Waals surface area contributed by atoms with Gasteiger partial charge in [0, 0.05) is 18.6 Å². The molecule has 0 spiro atoms. The molecule has 2 fully saturated rings. The Morgan fingerprint density at radius 3 is 2.76 bits per heavy atom. The molecule has 0 radical (unpaired) electrons. The summed E-state index contributed by atoms with van der Waals surface area (Å²) in [7, 11) is 1.56. The molecule has 33 heavy (non-hydrogen) atoms. The highest BCUT2D eigenvalue weighted by Crippen LogP contribution is 2.39. The monoisotopic (exact) mass is 459 g/mol. The summed E-state index contributed by atoms with van der Waals surface area (Å²) < 4.78 is 40.2. The lowest BCUT2D eigenvalue weighted by molar-refractivity contribution is -0.333. The van der Waals surface area contributed by atoms with Crippen molar-refractivity contribution in [1.82, 2.24) is 5.32 Å². The molecule has 6 unspecified atom stereocenters. The normalized spacial score (nSPS) is 30.3. The number of carbonyl (C=O) groups is 1. The number of aliphatic hydroxyl groups is 1. The van der Waals surface area contributed by atoms with Crippen LogP contribution in [0.3, 0.4) is 0 Å². The zero-order valence-corrected chi connectivity index (χ0v) is 18.1. The van der Waals surface area contributed by atoms with E-state index in [9.17, 15) is 9.90 Å².